The second-order valence-corrected chi connectivity index (χ2v) is 9.89. The Morgan fingerprint density at radius 3 is 2.66 bits per heavy atom. The van der Waals surface area contributed by atoms with Crippen LogP contribution in [0.3, 0.4) is 0 Å². The smallest absolute Gasteiger partial charge is 0.106 e. The van der Waals surface area contributed by atoms with E-state index in [-0.39, 0.29) is 5.54 Å². The first kappa shape index (κ1) is 17.9. The van der Waals surface area contributed by atoms with Crippen LogP contribution in [0, 0.1) is 18.8 Å². The van der Waals surface area contributed by atoms with Crippen LogP contribution in [0.25, 0.3) is 11.0 Å². The van der Waals surface area contributed by atoms with Crippen molar-refractivity contribution < 1.29 is 0 Å². The molecule has 0 amide bonds. The van der Waals surface area contributed by atoms with Crippen LogP contribution in [0.5, 0.6) is 0 Å². The summed E-state index contributed by atoms with van der Waals surface area (Å²) in [6.45, 7) is 3.38. The summed E-state index contributed by atoms with van der Waals surface area (Å²) in [5.41, 5.74) is 9.34. The van der Waals surface area contributed by atoms with Gasteiger partial charge >= 0.3 is 0 Å². The topological polar surface area (TPSA) is 47.1 Å². The molecule has 6 rings (SSSR count). The summed E-state index contributed by atoms with van der Waals surface area (Å²) in [5.74, 6) is 2.37. The largest absolute Gasteiger partial charge is 0.325 e. The minimum atomic E-state index is 0.0364. The zero-order valence-electron chi connectivity index (χ0n) is 17.4. The lowest BCUT2D eigenvalue weighted by molar-refractivity contribution is 0.0985. The Hall–Kier alpha value is -1.91. The first-order valence-corrected chi connectivity index (χ1v) is 11.4. The molecule has 2 aliphatic heterocycles. The maximum atomic E-state index is 6.86. The van der Waals surface area contributed by atoms with Crippen LogP contribution < -0.4 is 5.73 Å². The van der Waals surface area contributed by atoms with Crippen molar-refractivity contribution in [3.8, 4) is 0 Å². The molecule has 29 heavy (non-hydrogen) atoms. The Morgan fingerprint density at radius 1 is 1.10 bits per heavy atom. The third kappa shape index (κ3) is 2.83. The van der Waals surface area contributed by atoms with Gasteiger partial charge in [-0.3, -0.25) is 4.90 Å². The van der Waals surface area contributed by atoms with E-state index in [1.807, 2.05) is 0 Å². The molecule has 3 fully saturated rings. The average molecular weight is 389 g/mol. The van der Waals surface area contributed by atoms with E-state index in [1.165, 1.54) is 50.0 Å². The summed E-state index contributed by atoms with van der Waals surface area (Å²) in [4.78, 5) is 7.67. The molecule has 1 unspecified atom stereocenters. The first-order chi connectivity index (χ1) is 14.1. The Labute approximate surface area is 173 Å². The molecular formula is C25H32N4. The lowest BCUT2D eigenvalue weighted by Crippen LogP contribution is -2.46. The number of hydrogen-bond donors (Lipinski definition) is 1. The van der Waals surface area contributed by atoms with Gasteiger partial charge in [0.25, 0.3) is 0 Å². The Morgan fingerprint density at radius 2 is 1.90 bits per heavy atom. The van der Waals surface area contributed by atoms with Crippen molar-refractivity contribution in [3.63, 3.8) is 0 Å². The van der Waals surface area contributed by atoms with Crippen LogP contribution in [0.1, 0.15) is 50.4 Å². The first-order valence-electron chi connectivity index (χ1n) is 11.4. The molecule has 2 aromatic rings. The van der Waals surface area contributed by atoms with Gasteiger partial charge in [0.2, 0.25) is 0 Å². The number of allylic oxidation sites excluding steroid dienone is 3. The van der Waals surface area contributed by atoms with Crippen molar-refractivity contribution in [1.29, 1.82) is 0 Å². The van der Waals surface area contributed by atoms with E-state index in [9.17, 15) is 0 Å². The number of aromatic nitrogens is 2. The van der Waals surface area contributed by atoms with Gasteiger partial charge in [-0.15, -0.1) is 0 Å². The molecule has 1 aromatic heterocycles. The van der Waals surface area contributed by atoms with E-state index in [0.29, 0.717) is 30.0 Å². The number of rotatable bonds is 4. The number of para-hydroxylation sites is 2. The van der Waals surface area contributed by atoms with Gasteiger partial charge in [0, 0.05) is 30.2 Å². The molecule has 3 heterocycles. The molecule has 6 atom stereocenters. The number of nitrogens with two attached hydrogens (primary N) is 1. The normalized spacial score (nSPS) is 38.8. The van der Waals surface area contributed by atoms with E-state index < -0.39 is 0 Å². The van der Waals surface area contributed by atoms with Crippen LogP contribution >= 0.6 is 0 Å². The van der Waals surface area contributed by atoms with Crippen LogP contribution in [-0.2, 0) is 0 Å². The van der Waals surface area contributed by atoms with Gasteiger partial charge in [-0.25, -0.2) is 4.98 Å². The van der Waals surface area contributed by atoms with Crippen molar-refractivity contribution in [1.82, 2.24) is 14.5 Å². The third-order valence-electron chi connectivity index (χ3n) is 8.30. The Kier molecular flexibility index (Phi) is 4.04. The average Bonchev–Trinajstić information content (AvgIpc) is 3.18. The molecule has 2 aliphatic carbocycles. The van der Waals surface area contributed by atoms with Crippen molar-refractivity contribution >= 4 is 11.0 Å². The lowest BCUT2D eigenvalue weighted by Gasteiger charge is -2.40. The second kappa shape index (κ2) is 6.55. The fourth-order valence-corrected chi connectivity index (χ4v) is 6.67. The quantitative estimate of drug-likeness (QED) is 0.846. The van der Waals surface area contributed by atoms with Crippen molar-refractivity contribution in [2.75, 3.05) is 6.54 Å². The molecule has 152 valence electrons. The molecule has 2 saturated heterocycles. The predicted molar refractivity (Wildman–Crippen MR) is 118 cm³/mol. The number of aryl methyl sites for hydroxylation is 1. The maximum absolute atomic E-state index is 6.86. The fraction of sp³-hybridized carbons (Fsp3) is 0.560. The second-order valence-electron chi connectivity index (χ2n) is 9.89. The Balaban J connectivity index is 1.18. The van der Waals surface area contributed by atoms with Gasteiger partial charge in [0.15, 0.2) is 0 Å². The molecule has 2 N–H and O–H groups in total. The van der Waals surface area contributed by atoms with E-state index in [0.717, 1.165) is 11.9 Å². The highest BCUT2D eigenvalue weighted by molar-refractivity contribution is 5.76. The standard InChI is InChI=1S/C25H32N4/c1-17-27-23-9-5-6-10-24(23)29(17)22-13-20-11-12-21(14-22)28(20)16-19-15-25(19,26)18-7-3-2-4-8-18/h2-7,9-10,18-22H,8,11-16,26H2,1H3/t18?,19-,20-,21+,22+,25+/m0/s1. The molecule has 4 nitrogen and oxygen atoms in total. The maximum Gasteiger partial charge on any atom is 0.106 e. The fourth-order valence-electron chi connectivity index (χ4n) is 6.67. The number of benzene rings is 1. The van der Waals surface area contributed by atoms with E-state index in [4.69, 9.17) is 10.7 Å². The number of hydrogen-bond acceptors (Lipinski definition) is 3. The minimum Gasteiger partial charge on any atom is -0.325 e. The minimum absolute atomic E-state index is 0.0364. The lowest BCUT2D eigenvalue weighted by atomic mass is 9.89. The van der Waals surface area contributed by atoms with E-state index in [1.54, 1.807) is 0 Å². The zero-order valence-corrected chi connectivity index (χ0v) is 17.4. The molecule has 0 spiro atoms. The van der Waals surface area contributed by atoms with Gasteiger partial charge in [0.05, 0.1) is 11.0 Å². The zero-order chi connectivity index (χ0) is 19.6. The summed E-state index contributed by atoms with van der Waals surface area (Å²) in [6.07, 6.45) is 16.5. The highest BCUT2D eigenvalue weighted by atomic mass is 15.3. The molecule has 4 heteroatoms. The highest BCUT2D eigenvalue weighted by Gasteiger charge is 2.56. The number of imidazole rings is 1. The van der Waals surface area contributed by atoms with Crippen LogP contribution in [0.15, 0.2) is 48.6 Å². The summed E-state index contributed by atoms with van der Waals surface area (Å²) in [6, 6.07) is 10.6. The summed E-state index contributed by atoms with van der Waals surface area (Å²) < 4.78 is 2.53. The van der Waals surface area contributed by atoms with Gasteiger partial charge in [-0.05, 0) is 69.4 Å². The highest BCUT2D eigenvalue weighted by Crippen LogP contribution is 2.52. The monoisotopic (exact) mass is 388 g/mol. The molecular weight excluding hydrogens is 356 g/mol. The molecule has 1 aromatic carbocycles. The SMILES string of the molecule is Cc1nc2ccccc2n1[C@H]1C[C@H]2CC[C@@H](C1)N2C[C@@H]1C[C@@]1(N)C1C=CC=CC1. The van der Waals surface area contributed by atoms with Crippen LogP contribution in [-0.4, -0.2) is 38.6 Å². The van der Waals surface area contributed by atoms with Crippen LogP contribution in [0.2, 0.25) is 0 Å². The van der Waals surface area contributed by atoms with Crippen molar-refractivity contribution in [3.05, 3.63) is 54.4 Å². The number of nitrogens with zero attached hydrogens (tertiary/aromatic N) is 3. The third-order valence-corrected chi connectivity index (χ3v) is 8.30. The summed E-state index contributed by atoms with van der Waals surface area (Å²) in [5, 5.41) is 0. The van der Waals surface area contributed by atoms with Gasteiger partial charge in [-0.2, -0.15) is 0 Å². The number of fused-ring (bicyclic) bond motifs is 3. The molecule has 1 saturated carbocycles. The summed E-state index contributed by atoms with van der Waals surface area (Å²) in [7, 11) is 0. The van der Waals surface area contributed by atoms with Crippen molar-refractivity contribution in [2.45, 2.75) is 69.1 Å². The molecule has 0 radical (unpaired) electrons. The molecule has 2 bridgehead atoms. The van der Waals surface area contributed by atoms with Crippen molar-refractivity contribution in [2.24, 2.45) is 17.6 Å². The van der Waals surface area contributed by atoms with Gasteiger partial charge < -0.3 is 10.3 Å². The molecule has 4 aliphatic rings. The van der Waals surface area contributed by atoms with E-state index in [2.05, 4.69) is 65.0 Å². The Bertz CT molecular complexity index is 974. The number of piperidine rings is 1. The van der Waals surface area contributed by atoms with Gasteiger partial charge in [0.1, 0.15) is 5.82 Å². The summed E-state index contributed by atoms with van der Waals surface area (Å²) >= 11 is 0. The van der Waals surface area contributed by atoms with Crippen LogP contribution in [0.4, 0.5) is 0 Å². The van der Waals surface area contributed by atoms with Gasteiger partial charge in [-0.1, -0.05) is 36.4 Å². The van der Waals surface area contributed by atoms with E-state index >= 15 is 0 Å². The predicted octanol–water partition coefficient (Wildman–Crippen LogP) is 4.36.